The summed E-state index contributed by atoms with van der Waals surface area (Å²) in [5.41, 5.74) is 0.495. The van der Waals surface area contributed by atoms with E-state index in [0.717, 1.165) is 0 Å². The van der Waals surface area contributed by atoms with Gasteiger partial charge in [-0.05, 0) is 48.3 Å². The third-order valence-corrected chi connectivity index (χ3v) is 6.20. The van der Waals surface area contributed by atoms with Crippen molar-refractivity contribution < 1.29 is 9.59 Å². The molecule has 1 saturated heterocycles. The smallest absolute Gasteiger partial charge is 0.238 e. The molecule has 6 atom stereocenters. The fourth-order valence-electron chi connectivity index (χ4n) is 4.88. The lowest BCUT2D eigenvalue weighted by atomic mass is 9.63. The highest BCUT2D eigenvalue weighted by molar-refractivity contribution is 6.35. The molecule has 2 saturated carbocycles. The number of allylic oxidation sites excluding steroid dienone is 2. The van der Waals surface area contributed by atoms with Crippen LogP contribution in [0, 0.1) is 35.5 Å². The highest BCUT2D eigenvalue weighted by atomic mass is 35.5. The molecule has 1 aliphatic heterocycles. The summed E-state index contributed by atoms with van der Waals surface area (Å²) in [5, 5.41) is 0.865. The number of hydrogen-bond acceptors (Lipinski definition) is 2. The zero-order valence-corrected chi connectivity index (χ0v) is 13.1. The molecule has 5 heteroatoms. The van der Waals surface area contributed by atoms with Gasteiger partial charge in [0.05, 0.1) is 17.5 Å². The Balaban J connectivity index is 1.60. The number of rotatable bonds is 1. The first kappa shape index (κ1) is 13.1. The summed E-state index contributed by atoms with van der Waals surface area (Å²) < 4.78 is 0. The van der Waals surface area contributed by atoms with E-state index in [2.05, 4.69) is 12.2 Å². The standard InChI is InChI=1S/C17H13Cl2NO2/c18-7-3-8(19)5-9(4-7)20-16(21)14-10-1-2-11(13-6-12(10)13)15(14)17(20)22/h1-5,10-15H,6H2/t10-,11-,12-,13-,14-,15+/m0/s1. The minimum absolute atomic E-state index is 0.0852. The molecule has 2 bridgehead atoms. The summed E-state index contributed by atoms with van der Waals surface area (Å²) in [7, 11) is 0. The van der Waals surface area contributed by atoms with E-state index in [4.69, 9.17) is 23.2 Å². The molecule has 5 aliphatic rings. The van der Waals surface area contributed by atoms with Crippen molar-refractivity contribution in [2.45, 2.75) is 6.42 Å². The number of halogens is 2. The molecule has 0 unspecified atom stereocenters. The fraction of sp³-hybridized carbons (Fsp3) is 0.412. The van der Waals surface area contributed by atoms with Crippen LogP contribution in [0.4, 0.5) is 5.69 Å². The van der Waals surface area contributed by atoms with E-state index in [1.807, 2.05) is 0 Å². The number of hydrogen-bond donors (Lipinski definition) is 0. The second-order valence-corrected chi connectivity index (χ2v) is 7.67. The van der Waals surface area contributed by atoms with Crippen molar-refractivity contribution in [1.29, 1.82) is 0 Å². The zero-order valence-electron chi connectivity index (χ0n) is 11.6. The van der Waals surface area contributed by atoms with Crippen LogP contribution in [-0.2, 0) is 9.59 Å². The van der Waals surface area contributed by atoms with Gasteiger partial charge in [-0.2, -0.15) is 0 Å². The quantitative estimate of drug-likeness (QED) is 0.582. The molecule has 3 nitrogen and oxygen atoms in total. The summed E-state index contributed by atoms with van der Waals surface area (Å²) in [6.07, 6.45) is 5.50. The Morgan fingerprint density at radius 3 is 1.86 bits per heavy atom. The van der Waals surface area contributed by atoms with Crippen molar-refractivity contribution >= 4 is 40.7 Å². The molecule has 2 amide bonds. The number of carbonyl (C=O) groups excluding carboxylic acids is 2. The molecule has 1 heterocycles. The van der Waals surface area contributed by atoms with Gasteiger partial charge in [0, 0.05) is 10.0 Å². The molecule has 22 heavy (non-hydrogen) atoms. The molecule has 1 aromatic carbocycles. The lowest BCUT2D eigenvalue weighted by molar-refractivity contribution is -0.124. The van der Waals surface area contributed by atoms with E-state index in [1.54, 1.807) is 18.2 Å². The Kier molecular flexibility index (Phi) is 2.48. The van der Waals surface area contributed by atoms with Crippen molar-refractivity contribution in [3.63, 3.8) is 0 Å². The van der Waals surface area contributed by atoms with Crippen LogP contribution < -0.4 is 4.90 Å². The van der Waals surface area contributed by atoms with Crippen LogP contribution in [0.5, 0.6) is 0 Å². The minimum atomic E-state index is -0.191. The number of amides is 2. The average molecular weight is 334 g/mol. The van der Waals surface area contributed by atoms with Crippen molar-refractivity contribution in [2.75, 3.05) is 4.90 Å². The predicted octanol–water partition coefficient (Wildman–Crippen LogP) is 3.55. The monoisotopic (exact) mass is 333 g/mol. The van der Waals surface area contributed by atoms with Gasteiger partial charge in [0.1, 0.15) is 0 Å². The highest BCUT2D eigenvalue weighted by Gasteiger charge is 2.67. The molecule has 0 spiro atoms. The maximum atomic E-state index is 12.9. The van der Waals surface area contributed by atoms with Crippen LogP contribution in [-0.4, -0.2) is 11.8 Å². The van der Waals surface area contributed by atoms with Crippen LogP contribution in [0.2, 0.25) is 10.0 Å². The molecular formula is C17H13Cl2NO2. The molecule has 1 aromatic rings. The van der Waals surface area contributed by atoms with Crippen LogP contribution in [0.15, 0.2) is 30.4 Å². The number of anilines is 1. The third-order valence-electron chi connectivity index (χ3n) is 5.77. The average Bonchev–Trinajstić information content (AvgIpc) is 3.23. The Hall–Kier alpha value is -1.32. The van der Waals surface area contributed by atoms with Crippen LogP contribution >= 0.6 is 23.2 Å². The van der Waals surface area contributed by atoms with E-state index in [-0.39, 0.29) is 35.5 Å². The third kappa shape index (κ3) is 1.53. The van der Waals surface area contributed by atoms with Crippen molar-refractivity contribution in [3.05, 3.63) is 40.4 Å². The topological polar surface area (TPSA) is 37.4 Å². The predicted molar refractivity (Wildman–Crippen MR) is 83.7 cm³/mol. The van der Waals surface area contributed by atoms with Crippen LogP contribution in [0.25, 0.3) is 0 Å². The first-order chi connectivity index (χ1) is 10.6. The zero-order chi connectivity index (χ0) is 15.2. The van der Waals surface area contributed by atoms with Crippen molar-refractivity contribution in [2.24, 2.45) is 35.5 Å². The van der Waals surface area contributed by atoms with Gasteiger partial charge in [0.2, 0.25) is 11.8 Å². The number of carbonyl (C=O) groups is 2. The number of benzene rings is 1. The lowest BCUT2D eigenvalue weighted by Gasteiger charge is -2.37. The van der Waals surface area contributed by atoms with E-state index in [9.17, 15) is 9.59 Å². The Bertz CT molecular complexity index is 703. The molecule has 0 N–H and O–H groups in total. The lowest BCUT2D eigenvalue weighted by Crippen LogP contribution is -2.40. The SMILES string of the molecule is O=C1[C@@H]2[C@H]3C=C[C@@H]([C@@H]4C[C@@H]34)[C@@H]2C(=O)N1c1cc(Cl)cc(Cl)c1. The summed E-state index contributed by atoms with van der Waals surface area (Å²) in [6.45, 7) is 0. The molecule has 0 aromatic heterocycles. The highest BCUT2D eigenvalue weighted by Crippen LogP contribution is 2.65. The summed E-state index contributed by atoms with van der Waals surface area (Å²) in [5.74, 6) is 1.13. The fourth-order valence-corrected chi connectivity index (χ4v) is 5.39. The van der Waals surface area contributed by atoms with Crippen molar-refractivity contribution in [3.8, 4) is 0 Å². The van der Waals surface area contributed by atoms with Gasteiger partial charge in [-0.3, -0.25) is 9.59 Å². The summed E-state index contributed by atoms with van der Waals surface area (Å²) >= 11 is 12.1. The first-order valence-corrected chi connectivity index (χ1v) is 8.34. The molecular weight excluding hydrogens is 321 g/mol. The van der Waals surface area contributed by atoms with Gasteiger partial charge in [0.25, 0.3) is 0 Å². The minimum Gasteiger partial charge on any atom is -0.274 e. The Labute approximate surface area is 137 Å². The molecule has 0 radical (unpaired) electrons. The molecule has 4 aliphatic carbocycles. The van der Waals surface area contributed by atoms with E-state index in [0.29, 0.717) is 27.6 Å². The van der Waals surface area contributed by atoms with Gasteiger partial charge in [-0.15, -0.1) is 0 Å². The van der Waals surface area contributed by atoms with Crippen LogP contribution in [0.3, 0.4) is 0 Å². The Morgan fingerprint density at radius 1 is 0.864 bits per heavy atom. The van der Waals surface area contributed by atoms with Gasteiger partial charge < -0.3 is 0 Å². The van der Waals surface area contributed by atoms with Gasteiger partial charge in [0.15, 0.2) is 0 Å². The summed E-state index contributed by atoms with van der Waals surface area (Å²) in [4.78, 5) is 27.1. The van der Waals surface area contributed by atoms with Crippen molar-refractivity contribution in [1.82, 2.24) is 0 Å². The maximum Gasteiger partial charge on any atom is 0.238 e. The van der Waals surface area contributed by atoms with E-state index in [1.165, 1.54) is 11.3 Å². The molecule has 3 fully saturated rings. The van der Waals surface area contributed by atoms with Gasteiger partial charge in [-0.1, -0.05) is 35.4 Å². The largest absolute Gasteiger partial charge is 0.274 e. The maximum absolute atomic E-state index is 12.9. The second kappa shape index (κ2) is 4.15. The molecule has 112 valence electrons. The molecule has 6 rings (SSSR count). The number of imide groups is 1. The van der Waals surface area contributed by atoms with Gasteiger partial charge in [-0.25, -0.2) is 4.90 Å². The van der Waals surface area contributed by atoms with E-state index < -0.39 is 0 Å². The first-order valence-electron chi connectivity index (χ1n) is 7.58. The normalized spacial score (nSPS) is 40.9. The van der Waals surface area contributed by atoms with Gasteiger partial charge >= 0.3 is 0 Å². The second-order valence-electron chi connectivity index (χ2n) is 6.79. The van der Waals surface area contributed by atoms with Crippen LogP contribution in [0.1, 0.15) is 6.42 Å². The van der Waals surface area contributed by atoms with E-state index >= 15 is 0 Å². The summed E-state index contributed by atoms with van der Waals surface area (Å²) in [6, 6.07) is 4.87. The Morgan fingerprint density at radius 2 is 1.36 bits per heavy atom. The number of nitrogens with zero attached hydrogens (tertiary/aromatic N) is 1.